The number of sulfonamides is 1. The van der Waals surface area contributed by atoms with Crippen LogP contribution in [0.2, 0.25) is 0 Å². The lowest BCUT2D eigenvalue weighted by atomic mass is 10.2. The van der Waals surface area contributed by atoms with Gasteiger partial charge in [0.2, 0.25) is 10.0 Å². The van der Waals surface area contributed by atoms with Crippen molar-refractivity contribution in [3.63, 3.8) is 0 Å². The smallest absolute Gasteiger partial charge is 0.211 e. The zero-order chi connectivity index (χ0) is 10.2. The molecule has 1 fully saturated rings. The third kappa shape index (κ3) is 1.85. The van der Waals surface area contributed by atoms with Gasteiger partial charge in [0.05, 0.1) is 12.3 Å². The van der Waals surface area contributed by atoms with Crippen LogP contribution in [0.1, 0.15) is 23.8 Å². The van der Waals surface area contributed by atoms with E-state index in [0.717, 1.165) is 17.7 Å². The highest BCUT2D eigenvalue weighted by Gasteiger charge is 2.32. The molecule has 1 atom stereocenters. The van der Waals surface area contributed by atoms with E-state index in [1.54, 1.807) is 15.6 Å². The molecule has 1 aromatic rings. The molecule has 2 heterocycles. The maximum absolute atomic E-state index is 11.5. The predicted octanol–water partition coefficient (Wildman–Crippen LogP) is 1.84. The first-order valence-corrected chi connectivity index (χ1v) is 7.32. The van der Waals surface area contributed by atoms with Gasteiger partial charge >= 0.3 is 0 Å². The Kier molecular flexibility index (Phi) is 2.64. The van der Waals surface area contributed by atoms with Crippen molar-refractivity contribution < 1.29 is 8.42 Å². The molecular weight excluding hydrogens is 218 g/mol. The predicted molar refractivity (Wildman–Crippen MR) is 57.8 cm³/mol. The summed E-state index contributed by atoms with van der Waals surface area (Å²) in [5.74, 6) is 0. The molecule has 1 aliphatic heterocycles. The quantitative estimate of drug-likeness (QED) is 0.779. The second-order valence-electron chi connectivity index (χ2n) is 3.55. The largest absolute Gasteiger partial charge is 0.212 e. The molecule has 0 amide bonds. The van der Waals surface area contributed by atoms with Gasteiger partial charge in [-0.05, 0) is 24.3 Å². The summed E-state index contributed by atoms with van der Waals surface area (Å²) in [7, 11) is -3.04. The van der Waals surface area contributed by atoms with E-state index >= 15 is 0 Å². The molecule has 0 saturated carbocycles. The second-order valence-corrected chi connectivity index (χ2v) is 6.46. The van der Waals surface area contributed by atoms with Crippen molar-refractivity contribution in [3.8, 4) is 0 Å². The van der Waals surface area contributed by atoms with Gasteiger partial charge in [-0.2, -0.15) is 4.31 Å². The normalized spacial score (nSPS) is 24.2. The summed E-state index contributed by atoms with van der Waals surface area (Å²) in [6.07, 6.45) is 3.21. The summed E-state index contributed by atoms with van der Waals surface area (Å²) in [5, 5.41) is 1.99. The van der Waals surface area contributed by atoms with Crippen molar-refractivity contribution in [1.82, 2.24) is 4.31 Å². The minimum absolute atomic E-state index is 0.0880. The molecule has 0 spiro atoms. The fourth-order valence-electron chi connectivity index (χ4n) is 1.90. The Bertz CT molecular complexity index is 396. The van der Waals surface area contributed by atoms with Gasteiger partial charge in [-0.1, -0.05) is 6.07 Å². The Morgan fingerprint density at radius 1 is 1.57 bits per heavy atom. The van der Waals surface area contributed by atoms with Gasteiger partial charge in [-0.15, -0.1) is 11.3 Å². The Balaban J connectivity index is 2.28. The van der Waals surface area contributed by atoms with Crippen LogP contribution in [-0.4, -0.2) is 25.5 Å². The topological polar surface area (TPSA) is 37.4 Å². The minimum atomic E-state index is -3.04. The Morgan fingerprint density at radius 3 is 2.93 bits per heavy atom. The highest BCUT2D eigenvalue weighted by Crippen LogP contribution is 2.35. The molecular formula is C9H13NO2S2. The number of hydrogen-bond acceptors (Lipinski definition) is 3. The first kappa shape index (κ1) is 10.1. The molecule has 0 bridgehead atoms. The molecule has 1 aliphatic rings. The fraction of sp³-hybridized carbons (Fsp3) is 0.556. The van der Waals surface area contributed by atoms with Crippen LogP contribution in [0.15, 0.2) is 17.5 Å². The van der Waals surface area contributed by atoms with Gasteiger partial charge in [0, 0.05) is 11.4 Å². The molecule has 0 aromatic carbocycles. The van der Waals surface area contributed by atoms with Crippen LogP contribution in [0, 0.1) is 0 Å². The maximum Gasteiger partial charge on any atom is 0.211 e. The van der Waals surface area contributed by atoms with Crippen molar-refractivity contribution >= 4 is 21.4 Å². The summed E-state index contributed by atoms with van der Waals surface area (Å²) in [5.41, 5.74) is 0. The zero-order valence-electron chi connectivity index (χ0n) is 8.01. The monoisotopic (exact) mass is 231 g/mol. The molecule has 14 heavy (non-hydrogen) atoms. The average molecular weight is 231 g/mol. The van der Waals surface area contributed by atoms with Gasteiger partial charge in [-0.3, -0.25) is 0 Å². The third-order valence-corrected chi connectivity index (χ3v) is 4.76. The van der Waals surface area contributed by atoms with E-state index in [1.807, 2.05) is 17.5 Å². The average Bonchev–Trinajstić information content (AvgIpc) is 2.73. The van der Waals surface area contributed by atoms with E-state index in [0.29, 0.717) is 6.54 Å². The van der Waals surface area contributed by atoms with E-state index < -0.39 is 10.0 Å². The standard InChI is InChI=1S/C9H13NO2S2/c1-14(11,12)10-6-2-4-8(10)9-5-3-7-13-9/h3,5,7-8H,2,4,6H2,1H3. The van der Waals surface area contributed by atoms with Crippen molar-refractivity contribution in [2.24, 2.45) is 0 Å². The Hall–Kier alpha value is -0.390. The summed E-state index contributed by atoms with van der Waals surface area (Å²) in [6.45, 7) is 0.668. The number of nitrogens with zero attached hydrogens (tertiary/aromatic N) is 1. The molecule has 0 N–H and O–H groups in total. The highest BCUT2D eigenvalue weighted by atomic mass is 32.2. The number of hydrogen-bond donors (Lipinski definition) is 0. The van der Waals surface area contributed by atoms with Crippen LogP contribution >= 0.6 is 11.3 Å². The Labute approximate surface area is 88.4 Å². The van der Waals surface area contributed by atoms with Crippen molar-refractivity contribution in [1.29, 1.82) is 0 Å². The van der Waals surface area contributed by atoms with Crippen molar-refractivity contribution in [2.75, 3.05) is 12.8 Å². The number of rotatable bonds is 2. The zero-order valence-corrected chi connectivity index (χ0v) is 9.64. The first-order valence-electron chi connectivity index (χ1n) is 4.59. The minimum Gasteiger partial charge on any atom is -0.212 e. The highest BCUT2D eigenvalue weighted by molar-refractivity contribution is 7.88. The molecule has 2 rings (SSSR count). The molecule has 3 nitrogen and oxygen atoms in total. The summed E-state index contributed by atoms with van der Waals surface area (Å²) < 4.78 is 24.5. The molecule has 78 valence electrons. The van der Waals surface area contributed by atoms with Gasteiger partial charge < -0.3 is 0 Å². The SMILES string of the molecule is CS(=O)(=O)N1CCCC1c1cccs1. The summed E-state index contributed by atoms with van der Waals surface area (Å²) in [4.78, 5) is 1.16. The fourth-order valence-corrected chi connectivity index (χ4v) is 3.98. The lowest BCUT2D eigenvalue weighted by Crippen LogP contribution is -2.28. The van der Waals surface area contributed by atoms with Crippen LogP contribution in [0.4, 0.5) is 0 Å². The lowest BCUT2D eigenvalue weighted by Gasteiger charge is -2.20. The molecule has 1 aromatic heterocycles. The van der Waals surface area contributed by atoms with Crippen LogP contribution in [0.3, 0.4) is 0 Å². The van der Waals surface area contributed by atoms with Gasteiger partial charge in [-0.25, -0.2) is 8.42 Å². The summed E-state index contributed by atoms with van der Waals surface area (Å²) >= 11 is 1.63. The molecule has 5 heteroatoms. The van der Waals surface area contributed by atoms with Crippen molar-refractivity contribution in [3.05, 3.63) is 22.4 Å². The molecule has 0 radical (unpaired) electrons. The van der Waals surface area contributed by atoms with E-state index in [9.17, 15) is 8.42 Å². The number of thiophene rings is 1. The molecule has 0 aliphatic carbocycles. The van der Waals surface area contributed by atoms with Crippen LogP contribution in [0.5, 0.6) is 0 Å². The second kappa shape index (κ2) is 3.64. The van der Waals surface area contributed by atoms with Gasteiger partial charge in [0.1, 0.15) is 0 Å². The van der Waals surface area contributed by atoms with E-state index in [-0.39, 0.29) is 6.04 Å². The molecule has 1 saturated heterocycles. The summed E-state index contributed by atoms with van der Waals surface area (Å²) in [6, 6.07) is 4.07. The van der Waals surface area contributed by atoms with Gasteiger partial charge in [0.25, 0.3) is 0 Å². The first-order chi connectivity index (χ1) is 6.59. The van der Waals surface area contributed by atoms with Crippen LogP contribution in [-0.2, 0) is 10.0 Å². The van der Waals surface area contributed by atoms with Gasteiger partial charge in [0.15, 0.2) is 0 Å². The van der Waals surface area contributed by atoms with E-state index in [1.165, 1.54) is 6.26 Å². The third-order valence-electron chi connectivity index (χ3n) is 2.50. The van der Waals surface area contributed by atoms with E-state index in [4.69, 9.17) is 0 Å². The molecule has 1 unspecified atom stereocenters. The van der Waals surface area contributed by atoms with E-state index in [2.05, 4.69) is 0 Å². The lowest BCUT2D eigenvalue weighted by molar-refractivity contribution is 0.405. The maximum atomic E-state index is 11.5. The van der Waals surface area contributed by atoms with Crippen LogP contribution in [0.25, 0.3) is 0 Å². The van der Waals surface area contributed by atoms with Crippen LogP contribution < -0.4 is 0 Å². The van der Waals surface area contributed by atoms with Crippen molar-refractivity contribution in [2.45, 2.75) is 18.9 Å². The Morgan fingerprint density at radius 2 is 2.36 bits per heavy atom.